The standard InChI is InChI=1S/C18H19N3O3S/c22-18(15-4-6-17(7-5-15)21(23)24)19-16-3-1-2-14(12-16)13-20-8-10-25-11-9-20/h1-7,12H,8-11,13H2,(H,19,22). The molecule has 0 aromatic heterocycles. The molecule has 0 atom stereocenters. The maximum Gasteiger partial charge on any atom is 0.269 e. The lowest BCUT2D eigenvalue weighted by Gasteiger charge is -2.26. The van der Waals surface area contributed by atoms with Gasteiger partial charge in [-0.1, -0.05) is 12.1 Å². The van der Waals surface area contributed by atoms with Crippen LogP contribution >= 0.6 is 11.8 Å². The maximum absolute atomic E-state index is 12.3. The molecule has 1 saturated heterocycles. The van der Waals surface area contributed by atoms with Gasteiger partial charge in [0.15, 0.2) is 0 Å². The average molecular weight is 357 g/mol. The fourth-order valence-electron chi connectivity index (χ4n) is 2.70. The molecule has 2 aromatic rings. The summed E-state index contributed by atoms with van der Waals surface area (Å²) >= 11 is 1.98. The van der Waals surface area contributed by atoms with Crippen LogP contribution in [-0.2, 0) is 6.54 Å². The van der Waals surface area contributed by atoms with Crippen LogP contribution in [-0.4, -0.2) is 40.3 Å². The van der Waals surface area contributed by atoms with E-state index in [4.69, 9.17) is 0 Å². The van der Waals surface area contributed by atoms with Gasteiger partial charge in [-0.2, -0.15) is 11.8 Å². The van der Waals surface area contributed by atoms with E-state index in [0.717, 1.165) is 42.4 Å². The number of thioether (sulfide) groups is 1. The van der Waals surface area contributed by atoms with Crippen molar-refractivity contribution in [2.75, 3.05) is 29.9 Å². The lowest BCUT2D eigenvalue weighted by molar-refractivity contribution is -0.384. The minimum atomic E-state index is -0.482. The molecule has 1 N–H and O–H groups in total. The molecule has 25 heavy (non-hydrogen) atoms. The Labute approximate surface area is 150 Å². The molecule has 1 fully saturated rings. The van der Waals surface area contributed by atoms with Crippen molar-refractivity contribution in [3.63, 3.8) is 0 Å². The Morgan fingerprint density at radius 2 is 1.88 bits per heavy atom. The number of rotatable bonds is 5. The Bertz CT molecular complexity index is 758. The third kappa shape index (κ3) is 4.80. The fraction of sp³-hybridized carbons (Fsp3) is 0.278. The number of nitro groups is 1. The summed E-state index contributed by atoms with van der Waals surface area (Å²) in [6.07, 6.45) is 0. The van der Waals surface area contributed by atoms with Crippen molar-refractivity contribution in [2.24, 2.45) is 0 Å². The van der Waals surface area contributed by atoms with E-state index in [0.29, 0.717) is 5.56 Å². The number of nitrogens with one attached hydrogen (secondary N) is 1. The summed E-state index contributed by atoms with van der Waals surface area (Å²) in [5.41, 5.74) is 2.25. The van der Waals surface area contributed by atoms with Gasteiger partial charge in [-0.3, -0.25) is 19.8 Å². The molecule has 2 aromatic carbocycles. The molecule has 0 radical (unpaired) electrons. The van der Waals surface area contributed by atoms with Crippen molar-refractivity contribution in [3.05, 3.63) is 69.8 Å². The molecule has 0 spiro atoms. The van der Waals surface area contributed by atoms with Crippen molar-refractivity contribution < 1.29 is 9.72 Å². The number of amides is 1. The van der Waals surface area contributed by atoms with Gasteiger partial charge in [-0.25, -0.2) is 0 Å². The highest BCUT2D eigenvalue weighted by Gasteiger charge is 2.12. The predicted octanol–water partition coefficient (Wildman–Crippen LogP) is 3.40. The first kappa shape index (κ1) is 17.4. The number of carbonyl (C=O) groups excluding carboxylic acids is 1. The number of nitro benzene ring substituents is 1. The second-order valence-electron chi connectivity index (χ2n) is 5.85. The van der Waals surface area contributed by atoms with Crippen molar-refractivity contribution >= 4 is 29.0 Å². The van der Waals surface area contributed by atoms with Gasteiger partial charge in [0.25, 0.3) is 11.6 Å². The van der Waals surface area contributed by atoms with Crippen LogP contribution in [0.4, 0.5) is 11.4 Å². The van der Waals surface area contributed by atoms with Gasteiger partial charge < -0.3 is 5.32 Å². The fourth-order valence-corrected chi connectivity index (χ4v) is 3.68. The normalized spacial score (nSPS) is 14.9. The molecule has 0 saturated carbocycles. The Hall–Kier alpha value is -2.38. The number of hydrogen-bond acceptors (Lipinski definition) is 5. The molecular weight excluding hydrogens is 338 g/mol. The number of nitrogens with zero attached hydrogens (tertiary/aromatic N) is 2. The second-order valence-corrected chi connectivity index (χ2v) is 7.07. The van der Waals surface area contributed by atoms with Crippen LogP contribution in [0, 0.1) is 10.1 Å². The number of anilines is 1. The molecule has 1 heterocycles. The molecule has 0 unspecified atom stereocenters. The molecular formula is C18H19N3O3S. The first-order valence-electron chi connectivity index (χ1n) is 8.07. The van der Waals surface area contributed by atoms with Gasteiger partial charge in [-0.05, 0) is 29.8 Å². The average Bonchev–Trinajstić information content (AvgIpc) is 2.63. The van der Waals surface area contributed by atoms with E-state index in [1.165, 1.54) is 24.3 Å². The Morgan fingerprint density at radius 1 is 1.16 bits per heavy atom. The van der Waals surface area contributed by atoms with E-state index in [-0.39, 0.29) is 11.6 Å². The van der Waals surface area contributed by atoms with Gasteiger partial charge in [0.05, 0.1) is 4.92 Å². The zero-order chi connectivity index (χ0) is 17.6. The summed E-state index contributed by atoms with van der Waals surface area (Å²) in [4.78, 5) is 24.9. The van der Waals surface area contributed by atoms with Gasteiger partial charge in [-0.15, -0.1) is 0 Å². The molecule has 1 aliphatic heterocycles. The molecule has 7 heteroatoms. The number of carbonyl (C=O) groups is 1. The smallest absolute Gasteiger partial charge is 0.269 e. The quantitative estimate of drug-likeness (QED) is 0.656. The topological polar surface area (TPSA) is 75.5 Å². The van der Waals surface area contributed by atoms with Gasteiger partial charge >= 0.3 is 0 Å². The van der Waals surface area contributed by atoms with Crippen LogP contribution in [0.15, 0.2) is 48.5 Å². The summed E-state index contributed by atoms with van der Waals surface area (Å²) in [5, 5.41) is 13.5. The van der Waals surface area contributed by atoms with Crippen LogP contribution in [0.25, 0.3) is 0 Å². The largest absolute Gasteiger partial charge is 0.322 e. The van der Waals surface area contributed by atoms with E-state index < -0.39 is 4.92 Å². The summed E-state index contributed by atoms with van der Waals surface area (Å²) in [5.74, 6) is 2.05. The molecule has 0 bridgehead atoms. The Morgan fingerprint density at radius 3 is 2.56 bits per heavy atom. The Balaban J connectivity index is 1.64. The molecule has 130 valence electrons. The summed E-state index contributed by atoms with van der Waals surface area (Å²) in [6.45, 7) is 3.05. The third-order valence-corrected chi connectivity index (χ3v) is 4.98. The Kier molecular flexibility index (Phi) is 5.67. The molecule has 1 aliphatic rings. The third-order valence-electron chi connectivity index (χ3n) is 4.04. The summed E-state index contributed by atoms with van der Waals surface area (Å²) < 4.78 is 0. The monoisotopic (exact) mass is 357 g/mol. The van der Waals surface area contributed by atoms with Crippen LogP contribution in [0.5, 0.6) is 0 Å². The summed E-state index contributed by atoms with van der Waals surface area (Å²) in [6, 6.07) is 13.4. The van der Waals surface area contributed by atoms with Crippen molar-refractivity contribution in [1.82, 2.24) is 4.90 Å². The second kappa shape index (κ2) is 8.13. The lowest BCUT2D eigenvalue weighted by atomic mass is 10.1. The molecule has 6 nitrogen and oxygen atoms in total. The van der Waals surface area contributed by atoms with E-state index in [9.17, 15) is 14.9 Å². The summed E-state index contributed by atoms with van der Waals surface area (Å²) in [7, 11) is 0. The van der Waals surface area contributed by atoms with E-state index >= 15 is 0 Å². The minimum absolute atomic E-state index is 0.0294. The highest BCUT2D eigenvalue weighted by atomic mass is 32.2. The number of non-ortho nitro benzene ring substituents is 1. The SMILES string of the molecule is O=C(Nc1cccc(CN2CCSCC2)c1)c1ccc([N+](=O)[O-])cc1. The van der Waals surface area contributed by atoms with Gasteiger partial charge in [0, 0.05) is 54.5 Å². The van der Waals surface area contributed by atoms with Crippen LogP contribution in [0.2, 0.25) is 0 Å². The van der Waals surface area contributed by atoms with Crippen LogP contribution in [0.3, 0.4) is 0 Å². The molecule has 1 amide bonds. The highest BCUT2D eigenvalue weighted by Crippen LogP contribution is 2.18. The van der Waals surface area contributed by atoms with Crippen molar-refractivity contribution in [1.29, 1.82) is 0 Å². The van der Waals surface area contributed by atoms with Crippen LogP contribution < -0.4 is 5.32 Å². The lowest BCUT2D eigenvalue weighted by Crippen LogP contribution is -2.31. The maximum atomic E-state index is 12.3. The predicted molar refractivity (Wildman–Crippen MR) is 100 cm³/mol. The van der Waals surface area contributed by atoms with E-state index in [1.807, 2.05) is 30.0 Å². The van der Waals surface area contributed by atoms with Crippen molar-refractivity contribution in [2.45, 2.75) is 6.54 Å². The first-order valence-corrected chi connectivity index (χ1v) is 9.22. The minimum Gasteiger partial charge on any atom is -0.322 e. The zero-order valence-corrected chi connectivity index (χ0v) is 14.5. The number of hydrogen-bond donors (Lipinski definition) is 1. The first-order chi connectivity index (χ1) is 12.1. The van der Waals surface area contributed by atoms with Gasteiger partial charge in [0.1, 0.15) is 0 Å². The molecule has 3 rings (SSSR count). The van der Waals surface area contributed by atoms with Gasteiger partial charge in [0.2, 0.25) is 0 Å². The molecule has 0 aliphatic carbocycles. The zero-order valence-electron chi connectivity index (χ0n) is 13.7. The highest BCUT2D eigenvalue weighted by molar-refractivity contribution is 7.99. The van der Waals surface area contributed by atoms with E-state index in [1.54, 1.807) is 0 Å². The van der Waals surface area contributed by atoms with E-state index in [2.05, 4.69) is 16.3 Å². The van der Waals surface area contributed by atoms with Crippen LogP contribution in [0.1, 0.15) is 15.9 Å². The van der Waals surface area contributed by atoms with Crippen molar-refractivity contribution in [3.8, 4) is 0 Å². The number of benzene rings is 2.